The quantitative estimate of drug-likeness (QED) is 0.156. The number of aromatic nitrogens is 3. The predicted octanol–water partition coefficient (Wildman–Crippen LogP) is 13.9. The van der Waals surface area contributed by atoms with E-state index < -0.39 is 0 Å². The fourth-order valence-electron chi connectivity index (χ4n) is 7.63. The van der Waals surface area contributed by atoms with Crippen LogP contribution in [-0.2, 0) is 20.1 Å². The van der Waals surface area contributed by atoms with E-state index in [0.29, 0.717) is 11.8 Å². The summed E-state index contributed by atoms with van der Waals surface area (Å²) in [7, 11) is 0. The van der Waals surface area contributed by atoms with E-state index in [1.54, 1.807) is 6.20 Å². The maximum Gasteiger partial charge on any atom is 0.123 e. The van der Waals surface area contributed by atoms with Crippen molar-refractivity contribution in [3.05, 3.63) is 175 Å². The molecule has 283 valence electrons. The maximum absolute atomic E-state index is 6.74. The zero-order valence-electron chi connectivity index (χ0n) is 32.5. The maximum atomic E-state index is 6.74. The number of para-hydroxylation sites is 3. The first-order valence-corrected chi connectivity index (χ1v) is 19.2. The second-order valence-corrected chi connectivity index (χ2v) is 14.9. The third kappa shape index (κ3) is 7.01. The van der Waals surface area contributed by atoms with Crippen molar-refractivity contribution in [2.24, 2.45) is 0 Å². The molecule has 0 fully saturated rings. The molecule has 5 nitrogen and oxygen atoms in total. The summed E-state index contributed by atoms with van der Waals surface area (Å²) in [5.74, 6) is 2.25. The van der Waals surface area contributed by atoms with Gasteiger partial charge in [-0.2, -0.15) is 0 Å². The van der Waals surface area contributed by atoms with Crippen LogP contribution in [-0.4, -0.2) is 14.5 Å². The number of hydrogen-bond acceptors (Lipinski definition) is 4. The Bertz CT molecular complexity index is 2910. The molecular formula is C51H41IrN3O2-2. The molecule has 0 unspecified atom stereocenters. The fourth-order valence-corrected chi connectivity index (χ4v) is 7.63. The molecule has 0 aliphatic heterocycles. The van der Waals surface area contributed by atoms with Crippen LogP contribution in [0.4, 0.5) is 0 Å². The fraction of sp³-hybridized carbons (Fsp3) is 0.137. The number of pyridine rings is 1. The first-order chi connectivity index (χ1) is 27.4. The van der Waals surface area contributed by atoms with Crippen molar-refractivity contribution in [3.63, 3.8) is 0 Å². The van der Waals surface area contributed by atoms with E-state index >= 15 is 0 Å². The summed E-state index contributed by atoms with van der Waals surface area (Å²) >= 11 is 0. The summed E-state index contributed by atoms with van der Waals surface area (Å²) in [4.78, 5) is 9.53. The topological polar surface area (TPSA) is 57.0 Å². The van der Waals surface area contributed by atoms with Crippen LogP contribution in [0.15, 0.2) is 155 Å². The van der Waals surface area contributed by atoms with Gasteiger partial charge in [0.25, 0.3) is 0 Å². The Morgan fingerprint density at radius 3 is 2.14 bits per heavy atom. The van der Waals surface area contributed by atoms with Crippen molar-refractivity contribution in [2.45, 2.75) is 46.5 Å². The largest absolute Gasteiger partial charge is 0.499 e. The number of fused-ring (bicyclic) bond motifs is 6. The minimum absolute atomic E-state index is 0. The van der Waals surface area contributed by atoms with Gasteiger partial charge in [-0.3, -0.25) is 4.98 Å². The van der Waals surface area contributed by atoms with Gasteiger partial charge in [-0.1, -0.05) is 124 Å². The second-order valence-electron chi connectivity index (χ2n) is 14.9. The van der Waals surface area contributed by atoms with Gasteiger partial charge in [0.05, 0.1) is 33.8 Å². The van der Waals surface area contributed by atoms with E-state index in [9.17, 15) is 0 Å². The Hall–Kier alpha value is -6.07. The number of benzene rings is 6. The van der Waals surface area contributed by atoms with Gasteiger partial charge in [0, 0.05) is 48.3 Å². The van der Waals surface area contributed by atoms with Gasteiger partial charge in [0.15, 0.2) is 0 Å². The molecule has 4 heterocycles. The Labute approximate surface area is 346 Å². The summed E-state index contributed by atoms with van der Waals surface area (Å²) in [5, 5.41) is 2.87. The monoisotopic (exact) mass is 920 g/mol. The van der Waals surface area contributed by atoms with Crippen molar-refractivity contribution in [3.8, 4) is 39.7 Å². The van der Waals surface area contributed by atoms with Crippen LogP contribution >= 0.6 is 0 Å². The minimum Gasteiger partial charge on any atom is -0.499 e. The van der Waals surface area contributed by atoms with Crippen LogP contribution < -0.4 is 0 Å². The third-order valence-electron chi connectivity index (χ3n) is 10.4. The number of nitrogens with zero attached hydrogens (tertiary/aromatic N) is 3. The van der Waals surface area contributed by atoms with Crippen LogP contribution in [0, 0.1) is 19.1 Å². The van der Waals surface area contributed by atoms with Crippen molar-refractivity contribution in [1.29, 1.82) is 0 Å². The molecule has 0 aliphatic carbocycles. The van der Waals surface area contributed by atoms with Gasteiger partial charge < -0.3 is 18.4 Å². The van der Waals surface area contributed by atoms with Crippen LogP contribution in [0.25, 0.3) is 83.6 Å². The Kier molecular flexibility index (Phi) is 10.5. The first-order valence-electron chi connectivity index (χ1n) is 19.2. The molecule has 57 heavy (non-hydrogen) atoms. The van der Waals surface area contributed by atoms with Crippen molar-refractivity contribution >= 4 is 43.9 Å². The molecule has 10 rings (SSSR count). The number of rotatable bonds is 6. The molecule has 4 aromatic heterocycles. The van der Waals surface area contributed by atoms with Crippen molar-refractivity contribution in [2.75, 3.05) is 0 Å². The normalized spacial score (nSPS) is 11.4. The molecule has 10 aromatic rings. The molecule has 0 atom stereocenters. The zero-order valence-corrected chi connectivity index (χ0v) is 34.9. The molecule has 0 amide bonds. The number of hydrogen-bond donors (Lipinski definition) is 0. The van der Waals surface area contributed by atoms with Gasteiger partial charge in [0.2, 0.25) is 0 Å². The molecule has 0 spiro atoms. The Morgan fingerprint density at radius 2 is 1.42 bits per heavy atom. The van der Waals surface area contributed by atoms with Gasteiger partial charge in [0.1, 0.15) is 5.58 Å². The summed E-state index contributed by atoms with van der Waals surface area (Å²) in [6.45, 7) is 11.1. The van der Waals surface area contributed by atoms with E-state index in [4.69, 9.17) is 13.8 Å². The van der Waals surface area contributed by atoms with Gasteiger partial charge in [-0.15, -0.1) is 42.0 Å². The molecule has 6 heteroatoms. The van der Waals surface area contributed by atoms with Crippen LogP contribution in [0.2, 0.25) is 0 Å². The molecule has 0 saturated heterocycles. The second kappa shape index (κ2) is 15.8. The molecule has 0 aliphatic rings. The van der Waals surface area contributed by atoms with Crippen LogP contribution in [0.1, 0.15) is 56.2 Å². The third-order valence-corrected chi connectivity index (χ3v) is 10.4. The van der Waals surface area contributed by atoms with Gasteiger partial charge in [-0.05, 0) is 71.0 Å². The average molecular weight is 920 g/mol. The van der Waals surface area contributed by atoms with Crippen molar-refractivity contribution < 1.29 is 28.9 Å². The molecule has 1 radical (unpaired) electrons. The number of aryl methyl sites for hydroxylation is 1. The number of furan rings is 2. The Balaban J connectivity index is 0.000000300. The summed E-state index contributed by atoms with van der Waals surface area (Å²) < 4.78 is 15.7. The van der Waals surface area contributed by atoms with Gasteiger partial charge >= 0.3 is 0 Å². The smallest absolute Gasteiger partial charge is 0.123 e. The summed E-state index contributed by atoms with van der Waals surface area (Å²) in [6.07, 6.45) is 1.79. The van der Waals surface area contributed by atoms with E-state index in [1.807, 2.05) is 60.7 Å². The standard InChI is InChI=1S/C40H33N2O2.C11H8N.Ir/c1-23(2)28-14-11-15-29(24(3)4)37(28)42-33-17-10-9-16-32(33)41-40(42)31-21-27-22-34(26-12-7-6-8-13-26)43-38(27)36-30-19-18-25(5)20-35(30)44-39(31)36;1-2-6-10(7-3-1)11-8-4-5-9-12-11;/h6-20,22-24H,1-5H3;1-6,8-9H;/q2*-1;. The zero-order chi connectivity index (χ0) is 38.3. The average Bonchev–Trinajstić information content (AvgIpc) is 3.94. The first kappa shape index (κ1) is 37.8. The predicted molar refractivity (Wildman–Crippen MR) is 229 cm³/mol. The Morgan fingerprint density at radius 1 is 0.684 bits per heavy atom. The molecule has 6 aromatic carbocycles. The summed E-state index contributed by atoms with van der Waals surface area (Å²) in [6, 6.07) is 54.3. The van der Waals surface area contributed by atoms with E-state index in [1.165, 1.54) is 16.8 Å². The van der Waals surface area contributed by atoms with E-state index in [0.717, 1.165) is 83.5 Å². The van der Waals surface area contributed by atoms with E-state index in [-0.39, 0.29) is 20.1 Å². The molecule has 0 N–H and O–H groups in total. The van der Waals surface area contributed by atoms with Crippen molar-refractivity contribution in [1.82, 2.24) is 14.5 Å². The summed E-state index contributed by atoms with van der Waals surface area (Å²) in [5.41, 5.74) is 13.1. The van der Waals surface area contributed by atoms with Gasteiger partial charge in [-0.25, -0.2) is 0 Å². The SMILES string of the molecule is Cc1ccc2c(c1)oc1c(-c3nc4ccccc4n3-c3c(C(C)C)cccc3C(C)C)[c-]c3cc(-c4ccccc4)oc3c12.[Ir].[c-]1ccccc1-c1ccccn1. The minimum atomic E-state index is 0. The molecule has 0 bridgehead atoms. The molecular weight excluding hydrogens is 879 g/mol. The molecule has 0 saturated carbocycles. The number of imidazole rings is 1. The van der Waals surface area contributed by atoms with Crippen LogP contribution in [0.5, 0.6) is 0 Å². The van der Waals surface area contributed by atoms with Crippen LogP contribution in [0.3, 0.4) is 0 Å². The van der Waals surface area contributed by atoms with E-state index in [2.05, 4.69) is 135 Å².